The third kappa shape index (κ3) is 6.11. The molecule has 0 aliphatic carbocycles. The van der Waals surface area contributed by atoms with Crippen molar-refractivity contribution < 1.29 is 23.8 Å². The molecule has 0 saturated carbocycles. The van der Waals surface area contributed by atoms with E-state index in [1.807, 2.05) is 37.3 Å². The van der Waals surface area contributed by atoms with E-state index in [1.54, 1.807) is 12.1 Å². The highest BCUT2D eigenvalue weighted by Crippen LogP contribution is 2.54. The highest BCUT2D eigenvalue weighted by atomic mass is 35.5. The molecule has 0 unspecified atom stereocenters. The lowest BCUT2D eigenvalue weighted by atomic mass is 9.73. The maximum Gasteiger partial charge on any atom is 0.341 e. The molecule has 4 atom stereocenters. The van der Waals surface area contributed by atoms with Gasteiger partial charge in [0.25, 0.3) is 0 Å². The van der Waals surface area contributed by atoms with E-state index in [1.165, 1.54) is 12.1 Å². The second-order valence-corrected chi connectivity index (χ2v) is 11.5. The fourth-order valence-corrected chi connectivity index (χ4v) is 5.42. The third-order valence-electron chi connectivity index (χ3n) is 7.18. The molecule has 1 saturated heterocycles. The number of benzene rings is 3. The van der Waals surface area contributed by atoms with Crippen LogP contribution in [-0.2, 0) is 14.9 Å². The van der Waals surface area contributed by atoms with Crippen LogP contribution < -0.4 is 4.74 Å². The Morgan fingerprint density at radius 1 is 1.08 bits per heavy atom. The van der Waals surface area contributed by atoms with Crippen molar-refractivity contribution in [1.29, 1.82) is 0 Å². The fraction of sp³-hybridized carbons (Fsp3) is 0.344. The maximum absolute atomic E-state index is 13.9. The SMILES string of the molecule is C=C(C)[C@H]1C[C@H](c2ccccc2)[C@H](c2ccc(F)cc2)O[C@@H]1c1cc(C(C)(C)C)cc(Cl)c1OCC(=O)O. The number of carbonyl (C=O) groups is 1. The molecule has 1 aliphatic rings. The Morgan fingerprint density at radius 2 is 1.74 bits per heavy atom. The standard InChI is InChI=1S/C32H34ClFO4/c1-19(2)24-17-25(20-9-7-6-8-10-20)29(21-11-13-23(34)14-12-21)38-30(24)26-15-22(32(3,4)5)16-27(33)31(26)37-18-28(35)36/h6-16,24-25,29-30H,1,17-18H2,2-5H3,(H,35,36)/t24-,25-,29+,30+/m1/s1. The third-order valence-corrected chi connectivity index (χ3v) is 7.46. The van der Waals surface area contributed by atoms with Crippen LogP contribution in [0.4, 0.5) is 4.39 Å². The van der Waals surface area contributed by atoms with E-state index >= 15 is 0 Å². The molecule has 200 valence electrons. The highest BCUT2D eigenvalue weighted by molar-refractivity contribution is 6.32. The summed E-state index contributed by atoms with van der Waals surface area (Å²) in [6.07, 6.45) is -0.170. The van der Waals surface area contributed by atoms with E-state index in [0.29, 0.717) is 16.3 Å². The largest absolute Gasteiger partial charge is 0.480 e. The smallest absolute Gasteiger partial charge is 0.341 e. The van der Waals surface area contributed by atoms with Crippen molar-refractivity contribution in [3.63, 3.8) is 0 Å². The van der Waals surface area contributed by atoms with Crippen molar-refractivity contribution in [1.82, 2.24) is 0 Å². The molecule has 0 amide bonds. The van der Waals surface area contributed by atoms with E-state index < -0.39 is 18.7 Å². The Hall–Kier alpha value is -3.15. The second kappa shape index (κ2) is 11.3. The minimum absolute atomic E-state index is 0.00994. The first-order chi connectivity index (χ1) is 18.0. The maximum atomic E-state index is 13.9. The normalized spacial score (nSPS) is 21.6. The van der Waals surface area contributed by atoms with Gasteiger partial charge in [0, 0.05) is 17.4 Å². The van der Waals surface area contributed by atoms with Crippen LogP contribution in [-0.4, -0.2) is 17.7 Å². The molecule has 1 N–H and O–H groups in total. The van der Waals surface area contributed by atoms with Crippen LogP contribution in [0.25, 0.3) is 0 Å². The fourth-order valence-electron chi connectivity index (χ4n) is 5.14. The van der Waals surface area contributed by atoms with Crippen molar-refractivity contribution >= 4 is 17.6 Å². The quantitative estimate of drug-likeness (QED) is 0.308. The van der Waals surface area contributed by atoms with Crippen LogP contribution >= 0.6 is 11.6 Å². The van der Waals surface area contributed by atoms with Crippen molar-refractivity contribution in [2.24, 2.45) is 5.92 Å². The number of carboxylic acid groups (broad SMARTS) is 1. The van der Waals surface area contributed by atoms with Crippen molar-refractivity contribution in [3.8, 4) is 5.75 Å². The summed E-state index contributed by atoms with van der Waals surface area (Å²) in [5.41, 5.74) is 4.37. The molecular weight excluding hydrogens is 503 g/mol. The molecule has 0 bridgehead atoms. The van der Waals surface area contributed by atoms with Crippen molar-refractivity contribution in [2.75, 3.05) is 6.61 Å². The van der Waals surface area contributed by atoms with E-state index in [2.05, 4.69) is 39.5 Å². The average Bonchev–Trinajstić information content (AvgIpc) is 2.87. The van der Waals surface area contributed by atoms with Gasteiger partial charge in [-0.05, 0) is 59.7 Å². The molecular formula is C32H34ClFO4. The molecule has 1 fully saturated rings. The van der Waals surface area contributed by atoms with Crippen molar-refractivity contribution in [2.45, 2.75) is 57.7 Å². The van der Waals surface area contributed by atoms with Crippen LogP contribution in [0.5, 0.6) is 5.75 Å². The molecule has 0 spiro atoms. The Labute approximate surface area is 229 Å². The number of halogens is 2. The van der Waals surface area contributed by atoms with Crippen LogP contribution in [0.15, 0.2) is 78.9 Å². The zero-order chi connectivity index (χ0) is 27.6. The first-order valence-corrected chi connectivity index (χ1v) is 13.1. The van der Waals surface area contributed by atoms with Gasteiger partial charge in [-0.2, -0.15) is 0 Å². The van der Waals surface area contributed by atoms with Gasteiger partial charge in [-0.1, -0.05) is 87.0 Å². The minimum Gasteiger partial charge on any atom is -0.480 e. The van der Waals surface area contributed by atoms with E-state index in [-0.39, 0.29) is 29.2 Å². The monoisotopic (exact) mass is 536 g/mol. The van der Waals surface area contributed by atoms with Gasteiger partial charge in [-0.25, -0.2) is 9.18 Å². The van der Waals surface area contributed by atoms with Gasteiger partial charge in [0.2, 0.25) is 0 Å². The lowest BCUT2D eigenvalue weighted by Gasteiger charge is -2.43. The lowest BCUT2D eigenvalue weighted by Crippen LogP contribution is -2.32. The van der Waals surface area contributed by atoms with E-state index in [4.69, 9.17) is 21.1 Å². The summed E-state index contributed by atoms with van der Waals surface area (Å²) in [7, 11) is 0. The molecule has 0 aromatic heterocycles. The van der Waals surface area contributed by atoms with E-state index in [9.17, 15) is 14.3 Å². The van der Waals surface area contributed by atoms with Crippen LogP contribution in [0.2, 0.25) is 5.02 Å². The Morgan fingerprint density at radius 3 is 2.32 bits per heavy atom. The first-order valence-electron chi connectivity index (χ1n) is 12.8. The second-order valence-electron chi connectivity index (χ2n) is 11.0. The van der Waals surface area contributed by atoms with Crippen molar-refractivity contribution in [3.05, 3.63) is 112 Å². The molecule has 6 heteroatoms. The highest BCUT2D eigenvalue weighted by Gasteiger charge is 2.42. The molecule has 38 heavy (non-hydrogen) atoms. The lowest BCUT2D eigenvalue weighted by molar-refractivity contribution is -0.139. The molecule has 3 aromatic rings. The van der Waals surface area contributed by atoms with Crippen LogP contribution in [0, 0.1) is 11.7 Å². The predicted molar refractivity (Wildman–Crippen MR) is 148 cm³/mol. The summed E-state index contributed by atoms with van der Waals surface area (Å²) in [5, 5.41) is 9.66. The minimum atomic E-state index is -1.10. The first kappa shape index (κ1) is 27.9. The summed E-state index contributed by atoms with van der Waals surface area (Å²) >= 11 is 6.73. The van der Waals surface area contributed by atoms with Gasteiger partial charge in [0.15, 0.2) is 6.61 Å². The summed E-state index contributed by atoms with van der Waals surface area (Å²) in [4.78, 5) is 11.4. The number of rotatable bonds is 7. The number of aliphatic carboxylic acids is 1. The molecule has 0 radical (unpaired) electrons. The Balaban J connectivity index is 1.88. The molecule has 1 heterocycles. The summed E-state index contributed by atoms with van der Waals surface area (Å²) in [6, 6.07) is 20.4. The van der Waals surface area contributed by atoms with E-state index in [0.717, 1.165) is 28.7 Å². The summed E-state index contributed by atoms with van der Waals surface area (Å²) < 4.78 is 26.6. The molecule has 1 aliphatic heterocycles. The van der Waals surface area contributed by atoms with Gasteiger partial charge in [0.1, 0.15) is 11.6 Å². The van der Waals surface area contributed by atoms with Gasteiger partial charge in [-0.3, -0.25) is 0 Å². The molecule has 4 nitrogen and oxygen atoms in total. The number of hydrogen-bond donors (Lipinski definition) is 1. The topological polar surface area (TPSA) is 55.8 Å². The zero-order valence-corrected chi connectivity index (χ0v) is 23.0. The summed E-state index contributed by atoms with van der Waals surface area (Å²) in [5.74, 6) is -1.22. The van der Waals surface area contributed by atoms with Gasteiger partial charge < -0.3 is 14.6 Å². The van der Waals surface area contributed by atoms with Gasteiger partial charge in [-0.15, -0.1) is 0 Å². The number of carboxylic acids is 1. The van der Waals surface area contributed by atoms with Crippen LogP contribution in [0.1, 0.15) is 74.5 Å². The molecule has 4 rings (SSSR count). The van der Waals surface area contributed by atoms with Crippen LogP contribution in [0.3, 0.4) is 0 Å². The Kier molecular flexibility index (Phi) is 8.29. The number of hydrogen-bond acceptors (Lipinski definition) is 3. The predicted octanol–water partition coefficient (Wildman–Crippen LogP) is 8.42. The summed E-state index contributed by atoms with van der Waals surface area (Å²) in [6.45, 7) is 12.0. The van der Waals surface area contributed by atoms with Gasteiger partial charge >= 0.3 is 5.97 Å². The molecule has 3 aromatic carbocycles. The average molecular weight is 537 g/mol. The van der Waals surface area contributed by atoms with Gasteiger partial charge in [0.05, 0.1) is 17.2 Å². The Bertz CT molecular complexity index is 1300. The number of ether oxygens (including phenoxy) is 2. The zero-order valence-electron chi connectivity index (χ0n) is 22.2.